The number of aryl methyl sites for hydroxylation is 1. The molecule has 9 heteroatoms. The Kier molecular flexibility index (Phi) is 6.08. The van der Waals surface area contributed by atoms with Crippen LogP contribution in [0.4, 0.5) is 0 Å². The minimum absolute atomic E-state index is 0.248. The predicted octanol–water partition coefficient (Wildman–Crippen LogP) is 5.62. The number of hydrogen-bond acceptors (Lipinski definition) is 4. The lowest BCUT2D eigenvalue weighted by atomic mass is 10.1. The van der Waals surface area contributed by atoms with Gasteiger partial charge in [0.15, 0.2) is 5.78 Å². The lowest BCUT2D eigenvalue weighted by Crippen LogP contribution is -2.39. The summed E-state index contributed by atoms with van der Waals surface area (Å²) >= 11 is 19.4. The number of carbonyl (C=O) groups excluding carboxylic acids is 1. The van der Waals surface area contributed by atoms with Crippen molar-refractivity contribution in [2.24, 2.45) is 0 Å². The quantitative estimate of drug-likeness (QED) is 0.339. The normalized spacial score (nSPS) is 11.2. The second-order valence-corrected chi connectivity index (χ2v) is 9.19. The molecule has 4 rings (SSSR count). The Hall–Kier alpha value is -2.38. The second kappa shape index (κ2) is 8.63. The molecule has 0 saturated carbocycles. The van der Waals surface area contributed by atoms with Crippen LogP contribution in [0, 0.1) is 0 Å². The highest BCUT2D eigenvalue weighted by Gasteiger charge is 2.20. The zero-order valence-electron chi connectivity index (χ0n) is 16.2. The monoisotopic (exact) mass is 492 g/mol. The molecule has 31 heavy (non-hydrogen) atoms. The third-order valence-corrected chi connectivity index (χ3v) is 7.10. The van der Waals surface area contributed by atoms with Gasteiger partial charge in [0, 0.05) is 15.5 Å². The van der Waals surface area contributed by atoms with Crippen LogP contribution in [0.5, 0.6) is 0 Å². The molecule has 0 spiro atoms. The Labute approximate surface area is 196 Å². The molecule has 0 aliphatic heterocycles. The molecule has 2 heterocycles. The molecule has 0 radical (unpaired) electrons. The van der Waals surface area contributed by atoms with E-state index in [1.165, 1.54) is 34.1 Å². The first kappa shape index (κ1) is 21.8. The van der Waals surface area contributed by atoms with Crippen LogP contribution in [0.1, 0.15) is 22.2 Å². The fourth-order valence-corrected chi connectivity index (χ4v) is 4.82. The highest BCUT2D eigenvalue weighted by atomic mass is 35.5. The number of Topliss-reactive ketones (excluding diaryl/α,β-unsaturated/α-hetero) is 1. The first-order valence-corrected chi connectivity index (χ1v) is 11.3. The Balaban J connectivity index is 1.94. The van der Waals surface area contributed by atoms with Gasteiger partial charge in [0.2, 0.25) is 0 Å². The van der Waals surface area contributed by atoms with E-state index >= 15 is 0 Å². The number of aromatic nitrogens is 2. The van der Waals surface area contributed by atoms with Gasteiger partial charge in [-0.05, 0) is 48.9 Å². The molecule has 0 amide bonds. The van der Waals surface area contributed by atoms with Crippen LogP contribution < -0.4 is 11.2 Å². The van der Waals surface area contributed by atoms with Gasteiger partial charge in [-0.3, -0.25) is 14.2 Å². The Morgan fingerprint density at radius 2 is 1.77 bits per heavy atom. The number of thiophene rings is 1. The van der Waals surface area contributed by atoms with E-state index in [0.717, 1.165) is 9.44 Å². The molecule has 0 atom stereocenters. The third-order valence-electron chi connectivity index (χ3n) is 4.82. The van der Waals surface area contributed by atoms with Crippen molar-refractivity contribution < 1.29 is 4.79 Å². The molecule has 0 N–H and O–H groups in total. The molecule has 0 unspecified atom stereocenters. The summed E-state index contributed by atoms with van der Waals surface area (Å²) in [6.07, 6.45) is 0.699. The molecule has 5 nitrogen and oxygen atoms in total. The maximum Gasteiger partial charge on any atom is 0.337 e. The lowest BCUT2D eigenvalue weighted by Gasteiger charge is -2.12. The van der Waals surface area contributed by atoms with Crippen LogP contribution in [0.2, 0.25) is 15.1 Å². The summed E-state index contributed by atoms with van der Waals surface area (Å²) in [5.74, 6) is -0.329. The van der Waals surface area contributed by atoms with Crippen molar-refractivity contribution in [3.63, 3.8) is 0 Å². The number of fused-ring (bicyclic) bond motifs is 1. The Bertz CT molecular complexity index is 1450. The zero-order valence-corrected chi connectivity index (χ0v) is 19.3. The highest BCUT2D eigenvalue weighted by Crippen LogP contribution is 2.25. The molecule has 0 fully saturated rings. The van der Waals surface area contributed by atoms with E-state index < -0.39 is 11.2 Å². The van der Waals surface area contributed by atoms with Gasteiger partial charge in [-0.15, -0.1) is 11.3 Å². The zero-order chi connectivity index (χ0) is 22.3. The first-order valence-electron chi connectivity index (χ1n) is 9.32. The van der Waals surface area contributed by atoms with Gasteiger partial charge < -0.3 is 0 Å². The molecule has 2 aromatic heterocycles. The van der Waals surface area contributed by atoms with Crippen molar-refractivity contribution in [1.82, 2.24) is 9.13 Å². The minimum atomic E-state index is -0.613. The number of carbonyl (C=O) groups is 1. The number of ketones is 1. The van der Waals surface area contributed by atoms with Gasteiger partial charge in [-0.25, -0.2) is 9.36 Å². The van der Waals surface area contributed by atoms with Gasteiger partial charge in [-0.1, -0.05) is 47.8 Å². The fraction of sp³-hybridized carbons (Fsp3) is 0.136. The number of benzene rings is 2. The average Bonchev–Trinajstić information content (AvgIpc) is 3.18. The van der Waals surface area contributed by atoms with Crippen LogP contribution in [0.25, 0.3) is 15.9 Å². The molecule has 0 saturated heterocycles. The van der Waals surface area contributed by atoms with Crippen LogP contribution in [0.3, 0.4) is 0 Å². The van der Waals surface area contributed by atoms with E-state index in [0.29, 0.717) is 37.9 Å². The third kappa shape index (κ3) is 4.08. The number of hydrogen-bond donors (Lipinski definition) is 0. The maximum atomic E-state index is 13.4. The summed E-state index contributed by atoms with van der Waals surface area (Å²) in [6.45, 7) is 1.71. The summed E-state index contributed by atoms with van der Waals surface area (Å²) in [7, 11) is 0. The summed E-state index contributed by atoms with van der Waals surface area (Å²) in [5, 5.41) is 1.35. The number of nitrogens with zero attached hydrogens (tertiary/aromatic N) is 2. The highest BCUT2D eigenvalue weighted by molar-refractivity contribution is 7.18. The van der Waals surface area contributed by atoms with Crippen molar-refractivity contribution in [2.45, 2.75) is 19.9 Å². The SMILES string of the molecule is CCc1cc2c(=O)n(-c3cccc(Cl)c3)c(=O)n(CC(=O)c3ccc(Cl)c(Cl)c3)c2s1. The van der Waals surface area contributed by atoms with Gasteiger partial charge in [0.1, 0.15) is 4.83 Å². The van der Waals surface area contributed by atoms with E-state index in [9.17, 15) is 14.4 Å². The second-order valence-electron chi connectivity index (χ2n) is 6.83. The van der Waals surface area contributed by atoms with Crippen molar-refractivity contribution in [1.29, 1.82) is 0 Å². The lowest BCUT2D eigenvalue weighted by molar-refractivity contribution is 0.0972. The van der Waals surface area contributed by atoms with Crippen LogP contribution in [-0.2, 0) is 13.0 Å². The summed E-state index contributed by atoms with van der Waals surface area (Å²) in [5.41, 5.74) is -0.402. The first-order chi connectivity index (χ1) is 14.8. The van der Waals surface area contributed by atoms with E-state index in [2.05, 4.69) is 0 Å². The molecule has 2 aromatic carbocycles. The van der Waals surface area contributed by atoms with Crippen molar-refractivity contribution >= 4 is 62.1 Å². The molecule has 4 aromatic rings. The minimum Gasteiger partial charge on any atom is -0.292 e. The summed E-state index contributed by atoms with van der Waals surface area (Å²) < 4.78 is 2.37. The van der Waals surface area contributed by atoms with E-state index in [1.807, 2.05) is 6.92 Å². The van der Waals surface area contributed by atoms with Gasteiger partial charge in [0.25, 0.3) is 5.56 Å². The van der Waals surface area contributed by atoms with E-state index in [-0.39, 0.29) is 17.4 Å². The number of halogens is 3. The van der Waals surface area contributed by atoms with Gasteiger partial charge in [-0.2, -0.15) is 0 Å². The average molecular weight is 494 g/mol. The van der Waals surface area contributed by atoms with Crippen molar-refractivity contribution in [3.8, 4) is 5.69 Å². The van der Waals surface area contributed by atoms with E-state index in [4.69, 9.17) is 34.8 Å². The van der Waals surface area contributed by atoms with Crippen LogP contribution in [0.15, 0.2) is 58.1 Å². The molecular formula is C22H15Cl3N2O3S. The molecule has 0 bridgehead atoms. The van der Waals surface area contributed by atoms with Crippen LogP contribution in [-0.4, -0.2) is 14.9 Å². The summed E-state index contributed by atoms with van der Waals surface area (Å²) in [4.78, 5) is 40.9. The smallest absolute Gasteiger partial charge is 0.292 e. The maximum absolute atomic E-state index is 13.4. The van der Waals surface area contributed by atoms with E-state index in [1.54, 1.807) is 30.3 Å². The number of rotatable bonds is 5. The molecule has 158 valence electrons. The fourth-order valence-electron chi connectivity index (χ4n) is 3.26. The standard InChI is InChI=1S/C22H15Cl3N2O3S/c1-2-15-10-16-20(29)27(14-5-3-4-13(23)9-14)22(30)26(21(16)31-15)11-19(28)12-6-7-17(24)18(25)8-12/h3-10H,2,11H2,1H3. The van der Waals surface area contributed by atoms with Gasteiger partial charge in [0.05, 0.1) is 27.7 Å². The summed E-state index contributed by atoms with van der Waals surface area (Å²) in [6, 6.07) is 12.8. The topological polar surface area (TPSA) is 61.1 Å². The molecule has 0 aliphatic rings. The van der Waals surface area contributed by atoms with Crippen LogP contribution >= 0.6 is 46.1 Å². The molecular weight excluding hydrogens is 479 g/mol. The molecule has 0 aliphatic carbocycles. The Morgan fingerprint density at radius 3 is 2.45 bits per heavy atom. The largest absolute Gasteiger partial charge is 0.337 e. The Morgan fingerprint density at radius 1 is 1.00 bits per heavy atom. The van der Waals surface area contributed by atoms with Crippen molar-refractivity contribution in [2.75, 3.05) is 0 Å². The predicted molar refractivity (Wildman–Crippen MR) is 127 cm³/mol. The van der Waals surface area contributed by atoms with Gasteiger partial charge >= 0.3 is 5.69 Å². The van der Waals surface area contributed by atoms with Crippen molar-refractivity contribution in [3.05, 3.63) is 94.9 Å².